The van der Waals surface area contributed by atoms with Crippen LogP contribution in [-0.2, 0) is 0 Å². The van der Waals surface area contributed by atoms with Gasteiger partial charge in [0.05, 0.1) is 7.11 Å². The highest BCUT2D eigenvalue weighted by Gasteiger charge is 2.25. The lowest BCUT2D eigenvalue weighted by molar-refractivity contribution is 0.414. The predicted molar refractivity (Wildman–Crippen MR) is 125 cm³/mol. The van der Waals surface area contributed by atoms with Gasteiger partial charge in [-0.25, -0.2) is 0 Å². The van der Waals surface area contributed by atoms with E-state index in [2.05, 4.69) is 0 Å². The van der Waals surface area contributed by atoms with Gasteiger partial charge >= 0.3 is 0 Å². The standard InChI is InChI=1S/C28H22O3/c1-31-21-15-12-20(13-16-21)27(23-10-4-7-19-8-5-11-24(29)26(19)23)28-22-9-3-2-6-18(22)14-17-25(28)30/h2-17,27,29-30H,1H3/t27-/m1/s1. The Morgan fingerprint density at radius 2 is 1.35 bits per heavy atom. The van der Waals surface area contributed by atoms with Crippen LogP contribution in [0.5, 0.6) is 17.2 Å². The summed E-state index contributed by atoms with van der Waals surface area (Å²) in [4.78, 5) is 0. The zero-order chi connectivity index (χ0) is 21.4. The fourth-order valence-corrected chi connectivity index (χ4v) is 4.48. The van der Waals surface area contributed by atoms with E-state index in [0.717, 1.165) is 44.0 Å². The summed E-state index contributed by atoms with van der Waals surface area (Å²) in [6.45, 7) is 0. The molecule has 0 unspecified atom stereocenters. The molecule has 0 bridgehead atoms. The highest BCUT2D eigenvalue weighted by Crippen LogP contribution is 2.45. The molecule has 3 nitrogen and oxygen atoms in total. The zero-order valence-corrected chi connectivity index (χ0v) is 17.1. The summed E-state index contributed by atoms with van der Waals surface area (Å²) in [5.74, 6) is 0.942. The second-order valence-electron chi connectivity index (χ2n) is 7.65. The Hall–Kier alpha value is -3.98. The highest BCUT2D eigenvalue weighted by atomic mass is 16.5. The fraction of sp³-hybridized carbons (Fsp3) is 0.0714. The van der Waals surface area contributed by atoms with Gasteiger partial charge in [0.15, 0.2) is 0 Å². The van der Waals surface area contributed by atoms with Crippen LogP contribution in [0.3, 0.4) is 0 Å². The Bertz CT molecular complexity index is 1380. The number of hydrogen-bond acceptors (Lipinski definition) is 3. The molecule has 0 fully saturated rings. The smallest absolute Gasteiger partial charge is 0.123 e. The molecule has 3 heteroatoms. The summed E-state index contributed by atoms with van der Waals surface area (Å²) in [6.07, 6.45) is 0. The molecule has 0 saturated carbocycles. The van der Waals surface area contributed by atoms with Crippen molar-refractivity contribution in [3.63, 3.8) is 0 Å². The van der Waals surface area contributed by atoms with E-state index in [1.165, 1.54) is 0 Å². The molecule has 5 aromatic carbocycles. The number of hydrogen-bond donors (Lipinski definition) is 2. The fourth-order valence-electron chi connectivity index (χ4n) is 4.48. The molecular weight excluding hydrogens is 384 g/mol. The second-order valence-corrected chi connectivity index (χ2v) is 7.65. The number of fused-ring (bicyclic) bond motifs is 2. The minimum atomic E-state index is -0.283. The molecule has 2 N–H and O–H groups in total. The van der Waals surface area contributed by atoms with Crippen molar-refractivity contribution in [1.29, 1.82) is 0 Å². The molecule has 0 spiro atoms. The van der Waals surface area contributed by atoms with E-state index in [4.69, 9.17) is 4.74 Å². The van der Waals surface area contributed by atoms with Crippen molar-refractivity contribution in [1.82, 2.24) is 0 Å². The van der Waals surface area contributed by atoms with E-state index < -0.39 is 0 Å². The number of methoxy groups -OCH3 is 1. The van der Waals surface area contributed by atoms with Gasteiger partial charge < -0.3 is 14.9 Å². The van der Waals surface area contributed by atoms with E-state index in [1.54, 1.807) is 19.2 Å². The monoisotopic (exact) mass is 406 g/mol. The molecule has 0 aliphatic heterocycles. The van der Waals surface area contributed by atoms with Crippen molar-refractivity contribution in [2.24, 2.45) is 0 Å². The predicted octanol–water partition coefficient (Wildman–Crippen LogP) is 6.59. The van der Waals surface area contributed by atoms with Gasteiger partial charge in [0, 0.05) is 16.9 Å². The van der Waals surface area contributed by atoms with Crippen LogP contribution in [-0.4, -0.2) is 17.3 Å². The molecule has 0 aliphatic rings. The van der Waals surface area contributed by atoms with Crippen LogP contribution in [0.25, 0.3) is 21.5 Å². The van der Waals surface area contributed by atoms with Crippen molar-refractivity contribution in [2.75, 3.05) is 7.11 Å². The van der Waals surface area contributed by atoms with Crippen LogP contribution in [0.4, 0.5) is 0 Å². The largest absolute Gasteiger partial charge is 0.508 e. The third-order valence-corrected chi connectivity index (χ3v) is 5.91. The maximum Gasteiger partial charge on any atom is 0.123 e. The first-order chi connectivity index (χ1) is 15.2. The lowest BCUT2D eigenvalue weighted by Gasteiger charge is -2.24. The number of phenols is 2. The summed E-state index contributed by atoms with van der Waals surface area (Å²) >= 11 is 0. The number of aromatic hydroxyl groups is 2. The maximum atomic E-state index is 11.1. The normalized spacial score (nSPS) is 12.2. The van der Waals surface area contributed by atoms with Gasteiger partial charge in [0.1, 0.15) is 17.2 Å². The van der Waals surface area contributed by atoms with Crippen LogP contribution >= 0.6 is 0 Å². The van der Waals surface area contributed by atoms with Crippen LogP contribution in [0.2, 0.25) is 0 Å². The van der Waals surface area contributed by atoms with E-state index in [0.29, 0.717) is 0 Å². The summed E-state index contributed by atoms with van der Waals surface area (Å²) in [5, 5.41) is 25.6. The Balaban J connectivity index is 1.88. The Kier molecular flexibility index (Phi) is 4.72. The molecule has 5 aromatic rings. The van der Waals surface area contributed by atoms with Crippen LogP contribution in [0.15, 0.2) is 97.1 Å². The molecule has 0 heterocycles. The van der Waals surface area contributed by atoms with Gasteiger partial charge in [0.25, 0.3) is 0 Å². The van der Waals surface area contributed by atoms with Crippen molar-refractivity contribution >= 4 is 21.5 Å². The number of phenolic OH excluding ortho intramolecular Hbond substituents is 2. The SMILES string of the molecule is COc1ccc([C@@H](c2c(O)ccc3ccccc23)c2cccc3cccc(O)c23)cc1. The second kappa shape index (κ2) is 7.69. The van der Waals surface area contributed by atoms with E-state index in [9.17, 15) is 10.2 Å². The summed E-state index contributed by atoms with van der Waals surface area (Å²) < 4.78 is 5.35. The van der Waals surface area contributed by atoms with Gasteiger partial charge in [-0.1, -0.05) is 72.8 Å². The topological polar surface area (TPSA) is 49.7 Å². The van der Waals surface area contributed by atoms with Crippen LogP contribution in [0, 0.1) is 0 Å². The molecule has 5 rings (SSSR count). The number of ether oxygens (including phenoxy) is 1. The summed E-state index contributed by atoms with van der Waals surface area (Å²) in [7, 11) is 1.64. The summed E-state index contributed by atoms with van der Waals surface area (Å²) in [6, 6.07) is 31.2. The molecule has 0 saturated heterocycles. The third kappa shape index (κ3) is 3.24. The van der Waals surface area contributed by atoms with Crippen molar-refractivity contribution in [2.45, 2.75) is 5.92 Å². The first-order valence-electron chi connectivity index (χ1n) is 10.2. The molecule has 0 aliphatic carbocycles. The first kappa shape index (κ1) is 19.0. The third-order valence-electron chi connectivity index (χ3n) is 5.91. The Morgan fingerprint density at radius 3 is 2.13 bits per heavy atom. The van der Waals surface area contributed by atoms with Gasteiger partial charge in [-0.15, -0.1) is 0 Å². The minimum absolute atomic E-state index is 0.228. The van der Waals surface area contributed by atoms with Gasteiger partial charge in [-0.2, -0.15) is 0 Å². The summed E-state index contributed by atoms with van der Waals surface area (Å²) in [5.41, 5.74) is 2.76. The number of rotatable bonds is 4. The molecule has 1 atom stereocenters. The van der Waals surface area contributed by atoms with E-state index in [-0.39, 0.29) is 17.4 Å². The zero-order valence-electron chi connectivity index (χ0n) is 17.1. The molecule has 0 aromatic heterocycles. The molecule has 0 amide bonds. The van der Waals surface area contributed by atoms with Crippen molar-refractivity contribution < 1.29 is 14.9 Å². The average molecular weight is 406 g/mol. The average Bonchev–Trinajstić information content (AvgIpc) is 2.81. The van der Waals surface area contributed by atoms with Crippen LogP contribution in [0.1, 0.15) is 22.6 Å². The Morgan fingerprint density at radius 1 is 0.645 bits per heavy atom. The molecular formula is C28H22O3. The van der Waals surface area contributed by atoms with Gasteiger partial charge in [0.2, 0.25) is 0 Å². The van der Waals surface area contributed by atoms with E-state index in [1.807, 2.05) is 84.9 Å². The first-order valence-corrected chi connectivity index (χ1v) is 10.2. The molecule has 152 valence electrons. The van der Waals surface area contributed by atoms with Crippen LogP contribution < -0.4 is 4.74 Å². The van der Waals surface area contributed by atoms with Gasteiger partial charge in [-0.3, -0.25) is 0 Å². The van der Waals surface area contributed by atoms with Crippen molar-refractivity contribution in [3.05, 3.63) is 114 Å². The Labute approximate surface area is 180 Å². The van der Waals surface area contributed by atoms with Gasteiger partial charge in [-0.05, 0) is 51.6 Å². The minimum Gasteiger partial charge on any atom is -0.508 e. The lowest BCUT2D eigenvalue weighted by atomic mass is 9.80. The quantitative estimate of drug-likeness (QED) is 0.331. The van der Waals surface area contributed by atoms with Crippen molar-refractivity contribution in [3.8, 4) is 17.2 Å². The van der Waals surface area contributed by atoms with E-state index >= 15 is 0 Å². The maximum absolute atomic E-state index is 11.1. The lowest BCUT2D eigenvalue weighted by Crippen LogP contribution is -2.06. The molecule has 31 heavy (non-hydrogen) atoms. The molecule has 0 radical (unpaired) electrons. The highest BCUT2D eigenvalue weighted by molar-refractivity contribution is 5.95. The number of benzene rings is 5.